The largest absolute Gasteiger partial charge is 0.502 e. The zero-order chi connectivity index (χ0) is 15.4. The summed E-state index contributed by atoms with van der Waals surface area (Å²) in [6.07, 6.45) is 1.43. The molecule has 0 atom stereocenters. The third-order valence-electron chi connectivity index (χ3n) is 2.91. The van der Waals surface area contributed by atoms with Crippen LogP contribution in [0.3, 0.4) is 0 Å². The van der Waals surface area contributed by atoms with Crippen LogP contribution in [-0.4, -0.2) is 22.0 Å². The van der Waals surface area contributed by atoms with Gasteiger partial charge in [0.15, 0.2) is 5.78 Å². The molecule has 1 aromatic heterocycles. The first-order valence-corrected chi connectivity index (χ1v) is 7.15. The smallest absolute Gasteiger partial charge is 0.371 e. The van der Waals surface area contributed by atoms with E-state index in [-0.39, 0.29) is 0 Å². The lowest BCUT2D eigenvalue weighted by Crippen LogP contribution is -2.02. The van der Waals surface area contributed by atoms with E-state index in [9.17, 15) is 9.59 Å². The molecule has 108 valence electrons. The molecule has 1 aromatic carbocycles. The molecule has 1 heterocycles. The molecule has 0 saturated carbocycles. The number of aliphatic carboxylic acids is 1. The summed E-state index contributed by atoms with van der Waals surface area (Å²) in [7, 11) is 0. The van der Waals surface area contributed by atoms with E-state index in [0.717, 1.165) is 17.2 Å². The Hall–Kier alpha value is -2.40. The number of aliphatic hydroxyl groups is 1. The average molecular weight is 302 g/mol. The molecule has 0 aliphatic carbocycles. The van der Waals surface area contributed by atoms with Gasteiger partial charge in [-0.25, -0.2) is 4.79 Å². The summed E-state index contributed by atoms with van der Waals surface area (Å²) in [5, 5.41) is 19.5. The number of allylic oxidation sites excluding steroid dienone is 1. The summed E-state index contributed by atoms with van der Waals surface area (Å²) in [6, 6.07) is 9.84. The van der Waals surface area contributed by atoms with Crippen molar-refractivity contribution < 1.29 is 19.8 Å². The van der Waals surface area contributed by atoms with E-state index >= 15 is 0 Å². The molecule has 2 aromatic rings. The number of ketones is 1. The summed E-state index contributed by atoms with van der Waals surface area (Å²) in [5.74, 6) is -2.97. The highest BCUT2D eigenvalue weighted by Gasteiger charge is 2.11. The van der Waals surface area contributed by atoms with Gasteiger partial charge in [0.25, 0.3) is 0 Å². The van der Waals surface area contributed by atoms with Crippen LogP contribution in [0, 0.1) is 6.92 Å². The van der Waals surface area contributed by atoms with Crippen molar-refractivity contribution in [2.75, 3.05) is 0 Å². The van der Waals surface area contributed by atoms with Gasteiger partial charge in [0.05, 0.1) is 4.88 Å². The van der Waals surface area contributed by atoms with Crippen LogP contribution in [-0.2, 0) is 11.2 Å². The highest BCUT2D eigenvalue weighted by atomic mass is 32.1. The van der Waals surface area contributed by atoms with Crippen molar-refractivity contribution in [3.63, 3.8) is 0 Å². The van der Waals surface area contributed by atoms with Gasteiger partial charge in [0, 0.05) is 6.08 Å². The van der Waals surface area contributed by atoms with Crippen molar-refractivity contribution >= 4 is 23.1 Å². The molecule has 0 unspecified atom stereocenters. The Morgan fingerprint density at radius 2 is 1.81 bits per heavy atom. The zero-order valence-electron chi connectivity index (χ0n) is 11.4. The van der Waals surface area contributed by atoms with Crippen molar-refractivity contribution in [2.24, 2.45) is 0 Å². The second-order valence-electron chi connectivity index (χ2n) is 4.68. The van der Waals surface area contributed by atoms with Crippen LogP contribution in [0.15, 0.2) is 47.5 Å². The number of benzene rings is 1. The fourth-order valence-corrected chi connectivity index (χ4v) is 2.62. The molecule has 0 bridgehead atoms. The second-order valence-corrected chi connectivity index (χ2v) is 5.59. The quantitative estimate of drug-likeness (QED) is 0.504. The minimum atomic E-state index is -1.51. The number of carbonyl (C=O) groups excluding carboxylic acids is 1. The maximum absolute atomic E-state index is 11.8. The van der Waals surface area contributed by atoms with E-state index < -0.39 is 17.5 Å². The van der Waals surface area contributed by atoms with Gasteiger partial charge in [0.2, 0.25) is 5.76 Å². The summed E-state index contributed by atoms with van der Waals surface area (Å²) >= 11 is 1.24. The summed E-state index contributed by atoms with van der Waals surface area (Å²) < 4.78 is 0. The molecule has 0 aliphatic heterocycles. The van der Waals surface area contributed by atoms with Crippen LogP contribution in [0.25, 0.3) is 0 Å². The van der Waals surface area contributed by atoms with E-state index in [0.29, 0.717) is 11.3 Å². The molecule has 2 rings (SSSR count). The van der Waals surface area contributed by atoms with Crippen molar-refractivity contribution in [1.29, 1.82) is 0 Å². The van der Waals surface area contributed by atoms with Crippen molar-refractivity contribution in [1.82, 2.24) is 0 Å². The van der Waals surface area contributed by atoms with Gasteiger partial charge in [0.1, 0.15) is 0 Å². The van der Waals surface area contributed by atoms with Crippen LogP contribution in [0.1, 0.15) is 26.4 Å². The number of rotatable bonds is 5. The highest BCUT2D eigenvalue weighted by Crippen LogP contribution is 2.19. The van der Waals surface area contributed by atoms with Crippen molar-refractivity contribution in [2.45, 2.75) is 13.3 Å². The molecule has 0 spiro atoms. The molecule has 0 saturated heterocycles. The minimum Gasteiger partial charge on any atom is -0.502 e. The van der Waals surface area contributed by atoms with Gasteiger partial charge < -0.3 is 10.2 Å². The molecular weight excluding hydrogens is 288 g/mol. The average Bonchev–Trinajstić information content (AvgIpc) is 2.90. The first-order chi connectivity index (χ1) is 9.95. The lowest BCUT2D eigenvalue weighted by molar-refractivity contribution is -0.135. The van der Waals surface area contributed by atoms with Crippen LogP contribution >= 0.6 is 11.3 Å². The Kier molecular flexibility index (Phi) is 4.55. The first kappa shape index (κ1) is 15.0. The maximum atomic E-state index is 11.8. The van der Waals surface area contributed by atoms with Gasteiger partial charge in [-0.3, -0.25) is 4.79 Å². The Labute approximate surface area is 126 Å². The van der Waals surface area contributed by atoms with Crippen LogP contribution < -0.4 is 0 Å². The highest BCUT2D eigenvalue weighted by molar-refractivity contribution is 7.12. The van der Waals surface area contributed by atoms with E-state index in [1.54, 1.807) is 6.07 Å². The number of carbonyl (C=O) groups is 2. The molecule has 0 amide bonds. The fourth-order valence-electron chi connectivity index (χ4n) is 1.80. The van der Waals surface area contributed by atoms with Crippen LogP contribution in [0.2, 0.25) is 0 Å². The van der Waals surface area contributed by atoms with E-state index in [1.165, 1.54) is 16.9 Å². The maximum Gasteiger partial charge on any atom is 0.371 e. The molecule has 21 heavy (non-hydrogen) atoms. The minimum absolute atomic E-state index is 0.407. The molecular formula is C16H14O4S. The van der Waals surface area contributed by atoms with Gasteiger partial charge >= 0.3 is 5.97 Å². The monoisotopic (exact) mass is 302 g/mol. The topological polar surface area (TPSA) is 74.6 Å². The van der Waals surface area contributed by atoms with Gasteiger partial charge in [-0.05, 0) is 35.9 Å². The molecule has 0 radical (unpaired) electrons. The van der Waals surface area contributed by atoms with Crippen LogP contribution in [0.4, 0.5) is 0 Å². The predicted molar refractivity (Wildman–Crippen MR) is 81.0 cm³/mol. The Balaban J connectivity index is 2.11. The zero-order valence-corrected chi connectivity index (χ0v) is 12.2. The summed E-state index contributed by atoms with van der Waals surface area (Å²) in [5.41, 5.74) is 3.31. The number of aryl methyl sites for hydroxylation is 1. The third kappa shape index (κ3) is 4.03. The molecule has 2 N–H and O–H groups in total. The van der Waals surface area contributed by atoms with E-state index in [1.807, 2.05) is 36.6 Å². The number of thiophene rings is 1. The Morgan fingerprint density at radius 1 is 1.14 bits per heavy atom. The van der Waals surface area contributed by atoms with Gasteiger partial charge in [-0.15, -0.1) is 11.3 Å². The fraction of sp³-hybridized carbons (Fsp3) is 0.125. The number of hydrogen-bond acceptors (Lipinski definition) is 4. The van der Waals surface area contributed by atoms with Gasteiger partial charge in [-0.1, -0.05) is 29.8 Å². The summed E-state index contributed by atoms with van der Waals surface area (Å²) in [6.45, 7) is 2.02. The SMILES string of the molecule is Cc1ccc(Cc2csc(C(=O)/C=C(\O)C(=O)O)c2)cc1. The molecule has 0 aliphatic rings. The number of carboxylic acids is 1. The molecule has 4 nitrogen and oxygen atoms in total. The molecule has 5 heteroatoms. The van der Waals surface area contributed by atoms with Crippen molar-refractivity contribution in [3.8, 4) is 0 Å². The standard InChI is InChI=1S/C16H14O4S/c1-10-2-4-11(5-3-10)6-12-7-15(21-9-12)13(17)8-14(18)16(19)20/h2-5,7-9,18H,6H2,1H3,(H,19,20)/b14-8-. The normalized spacial score (nSPS) is 11.4. The number of aliphatic hydroxyl groups excluding tert-OH is 1. The number of carboxylic acid groups (broad SMARTS) is 1. The second kappa shape index (κ2) is 6.37. The van der Waals surface area contributed by atoms with E-state index in [4.69, 9.17) is 10.2 Å². The molecule has 0 fully saturated rings. The van der Waals surface area contributed by atoms with Crippen molar-refractivity contribution in [3.05, 3.63) is 69.1 Å². The van der Waals surface area contributed by atoms with Gasteiger partial charge in [-0.2, -0.15) is 0 Å². The first-order valence-electron chi connectivity index (χ1n) is 6.27. The number of hydrogen-bond donors (Lipinski definition) is 2. The lowest BCUT2D eigenvalue weighted by Gasteiger charge is -1.99. The lowest BCUT2D eigenvalue weighted by atomic mass is 10.1. The third-order valence-corrected chi connectivity index (χ3v) is 3.91. The Morgan fingerprint density at radius 3 is 2.43 bits per heavy atom. The predicted octanol–water partition coefficient (Wildman–Crippen LogP) is 3.36. The summed E-state index contributed by atoms with van der Waals surface area (Å²) in [4.78, 5) is 22.7. The van der Waals surface area contributed by atoms with E-state index in [2.05, 4.69) is 0 Å². The van der Waals surface area contributed by atoms with Crippen LogP contribution in [0.5, 0.6) is 0 Å². The Bertz CT molecular complexity index is 695.